The second kappa shape index (κ2) is 4.80. The molecule has 0 bridgehead atoms. The van der Waals surface area contributed by atoms with E-state index in [4.69, 9.17) is 11.6 Å². The van der Waals surface area contributed by atoms with Gasteiger partial charge in [0, 0.05) is 6.42 Å². The van der Waals surface area contributed by atoms with Crippen LogP contribution in [0.3, 0.4) is 0 Å². The Kier molecular flexibility index (Phi) is 4.78. The average molecular weight is 149 g/mol. The van der Waals surface area contributed by atoms with Crippen molar-refractivity contribution in [3.05, 3.63) is 0 Å². The summed E-state index contributed by atoms with van der Waals surface area (Å²) in [5.74, 6) is 0.458. The third-order valence-corrected chi connectivity index (χ3v) is 1.44. The summed E-state index contributed by atoms with van der Waals surface area (Å²) in [4.78, 5) is 10.3. The molecule has 0 N–H and O–H groups in total. The Hall–Kier alpha value is -0.0400. The molecule has 1 atom stereocenters. The summed E-state index contributed by atoms with van der Waals surface area (Å²) in [6, 6.07) is 0. The van der Waals surface area contributed by atoms with Crippen molar-refractivity contribution in [1.29, 1.82) is 0 Å². The molecule has 2 heteroatoms. The van der Waals surface area contributed by atoms with Crippen LogP contribution in [0.15, 0.2) is 0 Å². The zero-order valence-electron chi connectivity index (χ0n) is 5.98. The van der Waals surface area contributed by atoms with E-state index in [9.17, 15) is 4.79 Å². The minimum Gasteiger partial charge on any atom is -0.281 e. The molecule has 0 spiro atoms. The first-order valence-electron chi connectivity index (χ1n) is 3.35. The molecule has 1 nitrogen and oxygen atoms in total. The van der Waals surface area contributed by atoms with E-state index in [0.717, 1.165) is 12.8 Å². The molecule has 9 heavy (non-hydrogen) atoms. The zero-order valence-corrected chi connectivity index (χ0v) is 6.74. The van der Waals surface area contributed by atoms with Crippen molar-refractivity contribution in [1.82, 2.24) is 0 Å². The van der Waals surface area contributed by atoms with Crippen molar-refractivity contribution in [2.75, 3.05) is 0 Å². The van der Waals surface area contributed by atoms with Gasteiger partial charge in [-0.05, 0) is 17.5 Å². The fourth-order valence-electron chi connectivity index (χ4n) is 0.869. The number of carbonyl (C=O) groups excluding carboxylic acids is 1. The molecule has 0 aromatic heterocycles. The maximum atomic E-state index is 10.3. The molecule has 0 aromatic carbocycles. The highest BCUT2D eigenvalue weighted by atomic mass is 35.5. The Morgan fingerprint density at radius 2 is 2.22 bits per heavy atom. The maximum absolute atomic E-state index is 10.3. The summed E-state index contributed by atoms with van der Waals surface area (Å²) >= 11 is 5.17. The molecule has 0 aliphatic carbocycles. The van der Waals surface area contributed by atoms with Gasteiger partial charge in [-0.1, -0.05) is 26.7 Å². The Bertz CT molecular complexity index is 90.9. The number of carbonyl (C=O) groups is 1. The van der Waals surface area contributed by atoms with Gasteiger partial charge in [-0.25, -0.2) is 0 Å². The molecule has 0 aliphatic heterocycles. The Morgan fingerprint density at radius 3 is 2.56 bits per heavy atom. The Balaban J connectivity index is 3.26. The van der Waals surface area contributed by atoms with Crippen molar-refractivity contribution in [2.24, 2.45) is 5.92 Å². The first-order valence-corrected chi connectivity index (χ1v) is 3.73. The number of rotatable bonds is 4. The van der Waals surface area contributed by atoms with Crippen LogP contribution in [-0.4, -0.2) is 5.24 Å². The van der Waals surface area contributed by atoms with Crippen LogP contribution in [0.25, 0.3) is 0 Å². The van der Waals surface area contributed by atoms with Gasteiger partial charge in [0.1, 0.15) is 0 Å². The van der Waals surface area contributed by atoms with Gasteiger partial charge in [-0.3, -0.25) is 4.79 Å². The van der Waals surface area contributed by atoms with Crippen LogP contribution < -0.4 is 0 Å². The molecular formula is C7H13ClO. The van der Waals surface area contributed by atoms with E-state index in [-0.39, 0.29) is 5.24 Å². The van der Waals surface area contributed by atoms with E-state index in [1.807, 2.05) is 6.92 Å². The molecule has 0 heterocycles. The van der Waals surface area contributed by atoms with Crippen LogP contribution in [-0.2, 0) is 4.79 Å². The fourth-order valence-corrected chi connectivity index (χ4v) is 1.13. The summed E-state index contributed by atoms with van der Waals surface area (Å²) in [7, 11) is 0. The smallest absolute Gasteiger partial charge is 0.221 e. The van der Waals surface area contributed by atoms with Crippen molar-refractivity contribution in [3.8, 4) is 0 Å². The molecule has 0 amide bonds. The molecule has 0 radical (unpaired) electrons. The minimum absolute atomic E-state index is 0.212. The number of hydrogen-bond acceptors (Lipinski definition) is 1. The highest BCUT2D eigenvalue weighted by Crippen LogP contribution is 2.10. The first-order chi connectivity index (χ1) is 4.16. The van der Waals surface area contributed by atoms with Crippen LogP contribution in [0.5, 0.6) is 0 Å². The topological polar surface area (TPSA) is 17.1 Å². The lowest BCUT2D eigenvalue weighted by Crippen LogP contribution is -1.98. The van der Waals surface area contributed by atoms with Crippen molar-refractivity contribution < 1.29 is 4.79 Å². The lowest BCUT2D eigenvalue weighted by atomic mass is 10.0. The normalized spacial score (nSPS) is 13.2. The molecule has 0 saturated heterocycles. The molecule has 0 fully saturated rings. The standard InChI is InChI=1S/C7H13ClO/c1-3-4-6(2)5-7(8)9/h6H,3-5H2,1-2H3/t6-/m1/s1. The van der Waals surface area contributed by atoms with Gasteiger partial charge in [0.15, 0.2) is 0 Å². The van der Waals surface area contributed by atoms with Gasteiger partial charge >= 0.3 is 0 Å². The second-order valence-electron chi connectivity index (χ2n) is 2.45. The Morgan fingerprint density at radius 1 is 1.67 bits per heavy atom. The molecule has 0 saturated carbocycles. The molecule has 0 rings (SSSR count). The summed E-state index contributed by atoms with van der Waals surface area (Å²) < 4.78 is 0. The highest BCUT2D eigenvalue weighted by Gasteiger charge is 2.03. The predicted molar refractivity (Wildman–Crippen MR) is 39.5 cm³/mol. The van der Waals surface area contributed by atoms with Crippen LogP contribution >= 0.6 is 11.6 Å². The molecule has 0 aromatic rings. The van der Waals surface area contributed by atoms with Gasteiger partial charge in [-0.2, -0.15) is 0 Å². The summed E-state index contributed by atoms with van der Waals surface area (Å²) in [5.41, 5.74) is 0. The van der Waals surface area contributed by atoms with Crippen molar-refractivity contribution in [3.63, 3.8) is 0 Å². The van der Waals surface area contributed by atoms with Gasteiger partial charge in [-0.15, -0.1) is 0 Å². The van der Waals surface area contributed by atoms with E-state index in [1.165, 1.54) is 0 Å². The molecule has 0 aliphatic rings. The van der Waals surface area contributed by atoms with Gasteiger partial charge in [0.2, 0.25) is 5.24 Å². The van der Waals surface area contributed by atoms with Crippen molar-refractivity contribution >= 4 is 16.8 Å². The van der Waals surface area contributed by atoms with Gasteiger partial charge < -0.3 is 0 Å². The first kappa shape index (κ1) is 8.96. The van der Waals surface area contributed by atoms with Crippen LogP contribution in [0, 0.1) is 5.92 Å². The van der Waals surface area contributed by atoms with E-state index < -0.39 is 0 Å². The largest absolute Gasteiger partial charge is 0.281 e. The van der Waals surface area contributed by atoms with Gasteiger partial charge in [0.25, 0.3) is 0 Å². The number of hydrogen-bond donors (Lipinski definition) is 0. The van der Waals surface area contributed by atoms with E-state index in [0.29, 0.717) is 12.3 Å². The quantitative estimate of drug-likeness (QED) is 0.560. The van der Waals surface area contributed by atoms with Crippen LogP contribution in [0.1, 0.15) is 33.1 Å². The molecule has 54 valence electrons. The zero-order chi connectivity index (χ0) is 7.28. The Labute approximate surface area is 61.4 Å². The molecular weight excluding hydrogens is 136 g/mol. The predicted octanol–water partition coefficient (Wildman–Crippen LogP) is 2.58. The lowest BCUT2D eigenvalue weighted by Gasteiger charge is -2.03. The fraction of sp³-hybridized carbons (Fsp3) is 0.857. The maximum Gasteiger partial charge on any atom is 0.221 e. The van der Waals surface area contributed by atoms with E-state index in [2.05, 4.69) is 6.92 Å². The van der Waals surface area contributed by atoms with Gasteiger partial charge in [0.05, 0.1) is 0 Å². The van der Waals surface area contributed by atoms with E-state index >= 15 is 0 Å². The molecule has 0 unspecified atom stereocenters. The SMILES string of the molecule is CCC[C@@H](C)CC(=O)Cl. The van der Waals surface area contributed by atoms with Crippen molar-refractivity contribution in [2.45, 2.75) is 33.1 Å². The summed E-state index contributed by atoms with van der Waals surface area (Å²) in [5, 5.41) is -0.212. The second-order valence-corrected chi connectivity index (χ2v) is 2.87. The third-order valence-electron chi connectivity index (χ3n) is 1.29. The lowest BCUT2D eigenvalue weighted by molar-refractivity contribution is -0.112. The third kappa shape index (κ3) is 5.84. The summed E-state index contributed by atoms with van der Waals surface area (Å²) in [6.45, 7) is 4.15. The minimum atomic E-state index is -0.212. The summed E-state index contributed by atoms with van der Waals surface area (Å²) in [6.07, 6.45) is 2.75. The monoisotopic (exact) mass is 148 g/mol. The van der Waals surface area contributed by atoms with E-state index in [1.54, 1.807) is 0 Å². The van der Waals surface area contributed by atoms with Crippen LogP contribution in [0.2, 0.25) is 0 Å². The number of halogens is 1. The highest BCUT2D eigenvalue weighted by molar-refractivity contribution is 6.63. The van der Waals surface area contributed by atoms with Crippen LogP contribution in [0.4, 0.5) is 0 Å². The average Bonchev–Trinajstić information content (AvgIpc) is 1.63.